The summed E-state index contributed by atoms with van der Waals surface area (Å²) in [4.78, 5) is 14.2. The van der Waals surface area contributed by atoms with Crippen LogP contribution in [-0.2, 0) is 24.9 Å². The molecule has 1 amide bonds. The van der Waals surface area contributed by atoms with Crippen molar-refractivity contribution in [3.63, 3.8) is 0 Å². The molecular weight excluding hydrogens is 302 g/mol. The molecule has 0 bridgehead atoms. The maximum absolute atomic E-state index is 12.5. The average Bonchev–Trinajstić information content (AvgIpc) is 2.98. The average molecular weight is 324 g/mol. The van der Waals surface area contributed by atoms with Crippen molar-refractivity contribution in [2.24, 2.45) is 13.0 Å². The van der Waals surface area contributed by atoms with Crippen LogP contribution in [0.2, 0.25) is 5.02 Å². The summed E-state index contributed by atoms with van der Waals surface area (Å²) in [5, 5.41) is 9.17. The van der Waals surface area contributed by atoms with Gasteiger partial charge in [0.25, 0.3) is 0 Å². The first-order valence-electron chi connectivity index (χ1n) is 7.22. The Bertz CT molecular complexity index is 676. The van der Waals surface area contributed by atoms with Crippen molar-refractivity contribution in [1.29, 1.82) is 0 Å². The third-order valence-electron chi connectivity index (χ3n) is 3.86. The zero-order chi connectivity index (χ0) is 16.4. The van der Waals surface area contributed by atoms with Gasteiger partial charge in [-0.15, -0.1) is 0 Å². The number of aromatic nitrogens is 4. The summed E-state index contributed by atoms with van der Waals surface area (Å²) in [5.74, 6) is -0.0998. The molecular formula is C15H22ClN5O. The molecule has 0 aliphatic heterocycles. The number of carbonyl (C=O) groups is 1. The number of halogens is 1. The highest BCUT2D eigenvalue weighted by molar-refractivity contribution is 6.31. The highest BCUT2D eigenvalue weighted by Crippen LogP contribution is 2.20. The fourth-order valence-electron chi connectivity index (χ4n) is 2.44. The molecule has 2 aromatic rings. The molecule has 0 aliphatic rings. The van der Waals surface area contributed by atoms with E-state index in [1.165, 1.54) is 0 Å². The van der Waals surface area contributed by atoms with E-state index in [-0.39, 0.29) is 11.8 Å². The lowest BCUT2D eigenvalue weighted by atomic mass is 10.1. The zero-order valence-electron chi connectivity index (χ0n) is 13.7. The summed E-state index contributed by atoms with van der Waals surface area (Å²) in [7, 11) is 3.68. The summed E-state index contributed by atoms with van der Waals surface area (Å²) in [6.45, 7) is 6.75. The van der Waals surface area contributed by atoms with Gasteiger partial charge in [0.2, 0.25) is 5.91 Å². The highest BCUT2D eigenvalue weighted by Gasteiger charge is 2.21. The minimum atomic E-state index is -0.174. The number of hydrogen-bond acceptors (Lipinski definition) is 3. The van der Waals surface area contributed by atoms with Crippen LogP contribution < -0.4 is 0 Å². The molecule has 0 radical (unpaired) electrons. The number of amides is 1. The van der Waals surface area contributed by atoms with Gasteiger partial charge in [0.05, 0.1) is 41.1 Å². The van der Waals surface area contributed by atoms with E-state index >= 15 is 0 Å². The number of nitrogens with zero attached hydrogens (tertiary/aromatic N) is 5. The van der Waals surface area contributed by atoms with Gasteiger partial charge < -0.3 is 4.90 Å². The Morgan fingerprint density at radius 2 is 2.14 bits per heavy atom. The van der Waals surface area contributed by atoms with Crippen molar-refractivity contribution in [3.05, 3.63) is 34.4 Å². The molecule has 1 atom stereocenters. The largest absolute Gasteiger partial charge is 0.340 e. The molecule has 2 aromatic heterocycles. The lowest BCUT2D eigenvalue weighted by molar-refractivity contribution is -0.134. The van der Waals surface area contributed by atoms with E-state index in [1.54, 1.807) is 27.5 Å². The van der Waals surface area contributed by atoms with Crippen molar-refractivity contribution in [2.45, 2.75) is 33.9 Å². The molecule has 120 valence electrons. The molecule has 22 heavy (non-hydrogen) atoms. The fraction of sp³-hybridized carbons (Fsp3) is 0.533. The molecule has 0 saturated carbocycles. The molecule has 0 aromatic carbocycles. The van der Waals surface area contributed by atoms with E-state index < -0.39 is 0 Å². The summed E-state index contributed by atoms with van der Waals surface area (Å²) >= 11 is 6.15. The predicted molar refractivity (Wildman–Crippen MR) is 85.6 cm³/mol. The Morgan fingerprint density at radius 1 is 1.45 bits per heavy atom. The molecule has 2 heterocycles. The normalized spacial score (nSPS) is 12.5. The predicted octanol–water partition coefficient (Wildman–Crippen LogP) is 2.18. The maximum Gasteiger partial charge on any atom is 0.227 e. The lowest BCUT2D eigenvalue weighted by Crippen LogP contribution is -2.34. The van der Waals surface area contributed by atoms with Gasteiger partial charge in [-0.25, -0.2) is 0 Å². The first-order valence-corrected chi connectivity index (χ1v) is 7.60. The molecule has 2 rings (SSSR count). The van der Waals surface area contributed by atoms with Crippen LogP contribution in [-0.4, -0.2) is 37.4 Å². The van der Waals surface area contributed by atoms with E-state index in [4.69, 9.17) is 11.6 Å². The zero-order valence-corrected chi connectivity index (χ0v) is 14.4. The number of hydrogen-bond donors (Lipinski definition) is 0. The van der Waals surface area contributed by atoms with E-state index in [2.05, 4.69) is 10.2 Å². The van der Waals surface area contributed by atoms with Crippen LogP contribution in [0.4, 0.5) is 0 Å². The Hall–Kier alpha value is -1.82. The number of aryl methyl sites for hydroxylation is 2. The molecule has 7 heteroatoms. The second-order valence-electron chi connectivity index (χ2n) is 5.71. The second-order valence-corrected chi connectivity index (χ2v) is 6.09. The highest BCUT2D eigenvalue weighted by atomic mass is 35.5. The summed E-state index contributed by atoms with van der Waals surface area (Å²) in [6, 6.07) is 1.91. The topological polar surface area (TPSA) is 56.0 Å². The molecule has 0 spiro atoms. The van der Waals surface area contributed by atoms with Gasteiger partial charge in [-0.3, -0.25) is 14.2 Å². The van der Waals surface area contributed by atoms with Crippen molar-refractivity contribution in [2.75, 3.05) is 7.05 Å². The van der Waals surface area contributed by atoms with Crippen molar-refractivity contribution >= 4 is 17.5 Å². The Kier molecular flexibility index (Phi) is 4.90. The van der Waals surface area contributed by atoms with E-state index in [9.17, 15) is 4.79 Å². The van der Waals surface area contributed by atoms with Crippen LogP contribution in [0.3, 0.4) is 0 Å². The van der Waals surface area contributed by atoms with Gasteiger partial charge in [-0.05, 0) is 19.9 Å². The molecule has 0 saturated heterocycles. The smallest absolute Gasteiger partial charge is 0.227 e. The van der Waals surface area contributed by atoms with Gasteiger partial charge in [0.15, 0.2) is 0 Å². The first-order chi connectivity index (χ1) is 10.3. The summed E-state index contributed by atoms with van der Waals surface area (Å²) < 4.78 is 3.58. The quantitative estimate of drug-likeness (QED) is 0.847. The first kappa shape index (κ1) is 16.5. The van der Waals surface area contributed by atoms with Crippen LogP contribution in [0.25, 0.3) is 0 Å². The SMILES string of the molecule is Cc1nn(CC(C)C(=O)N(C)Cc2ccnn2C)c(C)c1Cl. The molecule has 0 aliphatic carbocycles. The van der Waals surface area contributed by atoms with Gasteiger partial charge >= 0.3 is 0 Å². The molecule has 1 unspecified atom stereocenters. The van der Waals surface area contributed by atoms with Crippen LogP contribution >= 0.6 is 11.6 Å². The Labute approximate surface area is 135 Å². The monoisotopic (exact) mass is 323 g/mol. The third-order valence-corrected chi connectivity index (χ3v) is 4.41. The third kappa shape index (κ3) is 3.32. The van der Waals surface area contributed by atoms with Crippen molar-refractivity contribution in [1.82, 2.24) is 24.5 Å². The van der Waals surface area contributed by atoms with Crippen molar-refractivity contribution in [3.8, 4) is 0 Å². The number of carbonyl (C=O) groups excluding carboxylic acids is 1. The van der Waals surface area contributed by atoms with Crippen LogP contribution in [0, 0.1) is 19.8 Å². The molecule has 0 fully saturated rings. The van der Waals surface area contributed by atoms with Gasteiger partial charge in [-0.2, -0.15) is 10.2 Å². The van der Waals surface area contributed by atoms with Gasteiger partial charge in [-0.1, -0.05) is 18.5 Å². The minimum Gasteiger partial charge on any atom is -0.340 e. The Balaban J connectivity index is 2.02. The maximum atomic E-state index is 12.5. The molecule has 6 nitrogen and oxygen atoms in total. The fourth-order valence-corrected chi connectivity index (χ4v) is 2.58. The minimum absolute atomic E-state index is 0.0740. The molecule has 0 N–H and O–H groups in total. The van der Waals surface area contributed by atoms with E-state index in [0.29, 0.717) is 18.1 Å². The summed E-state index contributed by atoms with van der Waals surface area (Å²) in [6.07, 6.45) is 1.73. The van der Waals surface area contributed by atoms with Crippen LogP contribution in [0.1, 0.15) is 24.0 Å². The van der Waals surface area contributed by atoms with E-state index in [1.807, 2.05) is 33.9 Å². The summed E-state index contributed by atoms with van der Waals surface area (Å²) in [5.41, 5.74) is 2.69. The van der Waals surface area contributed by atoms with Crippen LogP contribution in [0.15, 0.2) is 12.3 Å². The van der Waals surface area contributed by atoms with Gasteiger partial charge in [0, 0.05) is 20.3 Å². The van der Waals surface area contributed by atoms with E-state index in [0.717, 1.165) is 17.1 Å². The standard InChI is InChI=1S/C15H22ClN5O/c1-10(8-21-12(3)14(16)11(2)18-21)15(22)19(4)9-13-6-7-17-20(13)5/h6-7,10H,8-9H2,1-5H3. The van der Waals surface area contributed by atoms with Crippen LogP contribution in [0.5, 0.6) is 0 Å². The number of rotatable bonds is 5. The van der Waals surface area contributed by atoms with Gasteiger partial charge in [0.1, 0.15) is 0 Å². The Morgan fingerprint density at radius 3 is 2.64 bits per heavy atom. The van der Waals surface area contributed by atoms with Crippen molar-refractivity contribution < 1.29 is 4.79 Å². The second kappa shape index (κ2) is 6.52. The lowest BCUT2D eigenvalue weighted by Gasteiger charge is -2.21.